The van der Waals surface area contributed by atoms with Crippen molar-refractivity contribution in [1.29, 1.82) is 0 Å². The van der Waals surface area contributed by atoms with Gasteiger partial charge in [0, 0.05) is 36.0 Å². The van der Waals surface area contributed by atoms with E-state index in [0.717, 1.165) is 11.1 Å². The zero-order chi connectivity index (χ0) is 22.8. The molecule has 1 N–H and O–H groups in total. The van der Waals surface area contributed by atoms with E-state index >= 15 is 0 Å². The molecule has 0 aromatic heterocycles. The topological polar surface area (TPSA) is 77.1 Å². The van der Waals surface area contributed by atoms with Crippen molar-refractivity contribution in [3.63, 3.8) is 0 Å². The van der Waals surface area contributed by atoms with E-state index in [-0.39, 0.29) is 25.2 Å². The molecular formula is C26H24N2O5. The lowest BCUT2D eigenvalue weighted by molar-refractivity contribution is -0.118. The fourth-order valence-electron chi connectivity index (χ4n) is 4.14. The molecule has 2 aliphatic heterocycles. The predicted molar refractivity (Wildman–Crippen MR) is 123 cm³/mol. The fraction of sp³-hybridized carbons (Fsp3) is 0.231. The maximum absolute atomic E-state index is 13.1. The van der Waals surface area contributed by atoms with Crippen molar-refractivity contribution < 1.29 is 23.8 Å². The van der Waals surface area contributed by atoms with E-state index < -0.39 is 0 Å². The van der Waals surface area contributed by atoms with Crippen molar-refractivity contribution in [2.75, 3.05) is 25.3 Å². The molecule has 0 fully saturated rings. The standard InChI is InChI=1S/C26H24N2O5/c1-17-5-2-3-6-18(17)14-28-12-11-20-21(26(28)30)7-4-8-22(20)31-15-25(29)27-19-9-10-23-24(13-19)33-16-32-23/h2-10,13H,11-12,14-16H2,1H3,(H,27,29). The van der Waals surface area contributed by atoms with Crippen molar-refractivity contribution >= 4 is 17.5 Å². The van der Waals surface area contributed by atoms with Crippen LogP contribution in [0.4, 0.5) is 5.69 Å². The van der Waals surface area contributed by atoms with E-state index in [1.54, 1.807) is 30.3 Å². The number of anilines is 1. The van der Waals surface area contributed by atoms with Gasteiger partial charge < -0.3 is 24.4 Å². The summed E-state index contributed by atoms with van der Waals surface area (Å²) in [5, 5.41) is 2.80. The first-order valence-corrected chi connectivity index (χ1v) is 10.9. The molecule has 3 aromatic carbocycles. The third-order valence-corrected chi connectivity index (χ3v) is 5.92. The minimum absolute atomic E-state index is 0.0187. The van der Waals surface area contributed by atoms with Gasteiger partial charge in [-0.2, -0.15) is 0 Å². The average Bonchev–Trinajstić information content (AvgIpc) is 3.29. The third kappa shape index (κ3) is 4.35. The number of ether oxygens (including phenoxy) is 3. The van der Waals surface area contributed by atoms with Crippen LogP contribution in [-0.2, 0) is 17.8 Å². The van der Waals surface area contributed by atoms with Gasteiger partial charge >= 0.3 is 0 Å². The number of carbonyl (C=O) groups is 2. The number of aryl methyl sites for hydroxylation is 1. The summed E-state index contributed by atoms with van der Waals surface area (Å²) in [6.45, 7) is 3.25. The van der Waals surface area contributed by atoms with E-state index in [2.05, 4.69) is 24.4 Å². The predicted octanol–water partition coefficient (Wildman–Crippen LogP) is 3.94. The molecule has 2 heterocycles. The highest BCUT2D eigenvalue weighted by atomic mass is 16.7. The van der Waals surface area contributed by atoms with Crippen LogP contribution in [0.5, 0.6) is 17.2 Å². The lowest BCUT2D eigenvalue weighted by atomic mass is 9.97. The van der Waals surface area contributed by atoms with Crippen LogP contribution in [0.2, 0.25) is 0 Å². The van der Waals surface area contributed by atoms with Crippen LogP contribution in [0, 0.1) is 6.92 Å². The average molecular weight is 444 g/mol. The summed E-state index contributed by atoms with van der Waals surface area (Å²) in [4.78, 5) is 27.4. The number of fused-ring (bicyclic) bond motifs is 2. The molecule has 7 heteroatoms. The second-order valence-corrected chi connectivity index (χ2v) is 8.09. The van der Waals surface area contributed by atoms with Crippen LogP contribution < -0.4 is 19.5 Å². The van der Waals surface area contributed by atoms with Gasteiger partial charge in [-0.05, 0) is 48.7 Å². The Labute approximate surface area is 191 Å². The highest BCUT2D eigenvalue weighted by molar-refractivity contribution is 5.97. The second kappa shape index (κ2) is 8.86. The van der Waals surface area contributed by atoms with Crippen LogP contribution in [0.25, 0.3) is 0 Å². The lowest BCUT2D eigenvalue weighted by Crippen LogP contribution is -2.37. The molecule has 0 bridgehead atoms. The van der Waals surface area contributed by atoms with Crippen molar-refractivity contribution in [3.05, 3.63) is 82.9 Å². The first-order chi connectivity index (χ1) is 16.1. The van der Waals surface area contributed by atoms with Crippen LogP contribution in [0.15, 0.2) is 60.7 Å². The van der Waals surface area contributed by atoms with Crippen molar-refractivity contribution in [2.24, 2.45) is 0 Å². The molecule has 5 rings (SSSR count). The Morgan fingerprint density at radius 3 is 2.79 bits per heavy atom. The number of nitrogens with zero attached hydrogens (tertiary/aromatic N) is 1. The van der Waals surface area contributed by atoms with Crippen LogP contribution in [-0.4, -0.2) is 36.7 Å². The van der Waals surface area contributed by atoms with E-state index in [9.17, 15) is 9.59 Å². The molecule has 2 aliphatic rings. The smallest absolute Gasteiger partial charge is 0.262 e. The number of hydrogen-bond donors (Lipinski definition) is 1. The number of amides is 2. The molecule has 168 valence electrons. The van der Waals surface area contributed by atoms with Gasteiger partial charge in [-0.15, -0.1) is 0 Å². The van der Waals surface area contributed by atoms with Gasteiger partial charge in [0.1, 0.15) is 5.75 Å². The molecule has 0 saturated heterocycles. The minimum Gasteiger partial charge on any atom is -0.483 e. The van der Waals surface area contributed by atoms with E-state index in [1.807, 2.05) is 23.1 Å². The molecule has 0 radical (unpaired) electrons. The molecule has 7 nitrogen and oxygen atoms in total. The maximum Gasteiger partial charge on any atom is 0.262 e. The number of nitrogens with one attached hydrogen (secondary N) is 1. The van der Waals surface area contributed by atoms with Gasteiger partial charge in [0.15, 0.2) is 18.1 Å². The van der Waals surface area contributed by atoms with Gasteiger partial charge in [-0.1, -0.05) is 30.3 Å². The zero-order valence-electron chi connectivity index (χ0n) is 18.3. The summed E-state index contributed by atoms with van der Waals surface area (Å²) in [6.07, 6.45) is 0.674. The van der Waals surface area contributed by atoms with E-state index in [4.69, 9.17) is 14.2 Å². The molecule has 0 unspecified atom stereocenters. The SMILES string of the molecule is Cc1ccccc1CN1CCc2c(OCC(=O)Nc3ccc4c(c3)OCO4)cccc2C1=O. The van der Waals surface area contributed by atoms with Crippen LogP contribution in [0.3, 0.4) is 0 Å². The Morgan fingerprint density at radius 1 is 1.06 bits per heavy atom. The maximum atomic E-state index is 13.1. The van der Waals surface area contributed by atoms with Gasteiger partial charge in [-0.25, -0.2) is 0 Å². The Hall–Kier alpha value is -4.00. The highest BCUT2D eigenvalue weighted by Gasteiger charge is 2.27. The van der Waals surface area contributed by atoms with Gasteiger partial charge in [0.05, 0.1) is 0 Å². The highest BCUT2D eigenvalue weighted by Crippen LogP contribution is 2.34. The van der Waals surface area contributed by atoms with Crippen LogP contribution >= 0.6 is 0 Å². The molecule has 0 atom stereocenters. The van der Waals surface area contributed by atoms with Gasteiger partial charge in [0.25, 0.3) is 11.8 Å². The van der Waals surface area contributed by atoms with Gasteiger partial charge in [-0.3, -0.25) is 9.59 Å². The largest absolute Gasteiger partial charge is 0.483 e. The molecule has 0 saturated carbocycles. The summed E-state index contributed by atoms with van der Waals surface area (Å²) in [5.74, 6) is 1.50. The summed E-state index contributed by atoms with van der Waals surface area (Å²) >= 11 is 0. The summed E-state index contributed by atoms with van der Waals surface area (Å²) < 4.78 is 16.4. The third-order valence-electron chi connectivity index (χ3n) is 5.92. The molecule has 3 aromatic rings. The van der Waals surface area contributed by atoms with Crippen molar-refractivity contribution in [2.45, 2.75) is 19.9 Å². The Kier molecular flexibility index (Phi) is 5.60. The first-order valence-electron chi connectivity index (χ1n) is 10.9. The number of carbonyl (C=O) groups excluding carboxylic acids is 2. The second-order valence-electron chi connectivity index (χ2n) is 8.09. The minimum atomic E-state index is -0.296. The van der Waals surface area contributed by atoms with Crippen molar-refractivity contribution in [3.8, 4) is 17.2 Å². The quantitative estimate of drug-likeness (QED) is 0.623. The van der Waals surface area contributed by atoms with Gasteiger partial charge in [0.2, 0.25) is 6.79 Å². The van der Waals surface area contributed by atoms with Crippen LogP contribution in [0.1, 0.15) is 27.0 Å². The monoisotopic (exact) mass is 444 g/mol. The molecular weight excluding hydrogens is 420 g/mol. The Morgan fingerprint density at radius 2 is 1.91 bits per heavy atom. The summed E-state index contributed by atoms with van der Waals surface area (Å²) in [6, 6.07) is 18.7. The summed E-state index contributed by atoms with van der Waals surface area (Å²) in [7, 11) is 0. The molecule has 0 aliphatic carbocycles. The number of benzene rings is 3. The summed E-state index contributed by atoms with van der Waals surface area (Å²) in [5.41, 5.74) is 4.39. The van der Waals surface area contributed by atoms with E-state index in [1.165, 1.54) is 5.56 Å². The molecule has 2 amide bonds. The fourth-order valence-corrected chi connectivity index (χ4v) is 4.14. The van der Waals surface area contributed by atoms with Crippen molar-refractivity contribution in [1.82, 2.24) is 4.90 Å². The lowest BCUT2D eigenvalue weighted by Gasteiger charge is -2.30. The molecule has 33 heavy (non-hydrogen) atoms. The Bertz CT molecular complexity index is 1220. The first kappa shape index (κ1) is 20.9. The Balaban J connectivity index is 1.24. The number of rotatable bonds is 6. The normalized spacial score (nSPS) is 14.1. The van der Waals surface area contributed by atoms with E-state index in [0.29, 0.717) is 48.0 Å². The molecule has 0 spiro atoms. The number of hydrogen-bond acceptors (Lipinski definition) is 5. The zero-order valence-corrected chi connectivity index (χ0v) is 18.3.